The fourth-order valence-corrected chi connectivity index (χ4v) is 2.09. The predicted octanol–water partition coefficient (Wildman–Crippen LogP) is 0.237. The number of ether oxygens (including phenoxy) is 2. The summed E-state index contributed by atoms with van der Waals surface area (Å²) in [4.78, 5) is 70.9. The minimum atomic E-state index is -0.758. The van der Waals surface area contributed by atoms with Crippen LogP contribution in [-0.4, -0.2) is 104 Å². The van der Waals surface area contributed by atoms with Crippen LogP contribution in [-0.2, 0) is 43.1 Å². The number of nitrogens with zero attached hydrogens (tertiary/aromatic N) is 2. The first-order valence-corrected chi connectivity index (χ1v) is 12.0. The minimum Gasteiger partial charge on any atom is -0.375 e. The monoisotopic (exact) mass is 534 g/mol. The molecule has 0 aromatic carbocycles. The van der Waals surface area contributed by atoms with E-state index in [0.717, 1.165) is 0 Å². The fraction of sp³-hybridized carbons (Fsp3) is 0.750. The Bertz CT molecular complexity index is 689. The zero-order valence-corrected chi connectivity index (χ0v) is 23.8. The van der Waals surface area contributed by atoms with Crippen molar-refractivity contribution in [3.8, 4) is 0 Å². The summed E-state index contributed by atoms with van der Waals surface area (Å²) in [5, 5.41) is 2.95. The second kappa shape index (κ2) is 23.6. The van der Waals surface area contributed by atoms with Crippen molar-refractivity contribution in [1.29, 1.82) is 0 Å². The van der Waals surface area contributed by atoms with Gasteiger partial charge in [-0.3, -0.25) is 24.0 Å². The van der Waals surface area contributed by atoms with Crippen LogP contribution < -0.4 is 11.1 Å². The molecule has 0 aliphatic carbocycles. The molecular weight excluding hydrogens is 488 g/mol. The van der Waals surface area contributed by atoms with E-state index < -0.39 is 23.8 Å². The number of carbonyl (C=O) groups excluding carboxylic acids is 6. The Morgan fingerprint density at radius 1 is 0.892 bits per heavy atom. The highest BCUT2D eigenvalue weighted by molar-refractivity contribution is 6.01. The van der Waals surface area contributed by atoms with Crippen molar-refractivity contribution in [2.24, 2.45) is 5.73 Å². The lowest BCUT2D eigenvalue weighted by molar-refractivity contribution is -0.199. The third-order valence-corrected chi connectivity index (χ3v) is 4.71. The molecular formula is C24H46N4O9. The van der Waals surface area contributed by atoms with Gasteiger partial charge in [-0.2, -0.15) is 0 Å². The van der Waals surface area contributed by atoms with Gasteiger partial charge in [0.2, 0.25) is 5.91 Å². The van der Waals surface area contributed by atoms with Gasteiger partial charge < -0.3 is 30.3 Å². The van der Waals surface area contributed by atoms with Crippen molar-refractivity contribution in [2.45, 2.75) is 73.4 Å². The maximum atomic E-state index is 10.9. The number of imide groups is 1. The molecule has 1 heterocycles. The Morgan fingerprint density at radius 3 is 1.57 bits per heavy atom. The lowest BCUT2D eigenvalue weighted by atomic mass is 10.2. The number of nitrogens with two attached hydrogens (primary N) is 1. The average Bonchev–Trinajstić information content (AvgIpc) is 3.13. The Labute approximate surface area is 220 Å². The highest BCUT2D eigenvalue weighted by Crippen LogP contribution is 2.11. The summed E-state index contributed by atoms with van der Waals surface area (Å²) in [6, 6.07) is -0.706. The van der Waals surface area contributed by atoms with Crippen molar-refractivity contribution in [2.75, 3.05) is 47.1 Å². The lowest BCUT2D eigenvalue weighted by Gasteiger charge is -2.13. The van der Waals surface area contributed by atoms with E-state index in [-0.39, 0.29) is 49.6 Å². The van der Waals surface area contributed by atoms with Crippen molar-refractivity contribution in [3.05, 3.63) is 0 Å². The first-order chi connectivity index (χ1) is 17.2. The molecule has 1 aliphatic heterocycles. The summed E-state index contributed by atoms with van der Waals surface area (Å²) in [7, 11) is 2.74. The van der Waals surface area contributed by atoms with Crippen LogP contribution in [0.25, 0.3) is 0 Å². The van der Waals surface area contributed by atoms with Gasteiger partial charge in [0.05, 0.1) is 12.1 Å². The molecule has 13 heteroatoms. The molecule has 0 bridgehead atoms. The van der Waals surface area contributed by atoms with Gasteiger partial charge in [0.25, 0.3) is 11.8 Å². The smallest absolute Gasteiger partial charge is 0.358 e. The first-order valence-electron chi connectivity index (χ1n) is 12.0. The average molecular weight is 535 g/mol. The zero-order valence-electron chi connectivity index (χ0n) is 23.8. The first kappa shape index (κ1) is 38.8. The minimum absolute atomic E-state index is 0.00236. The molecule has 0 aromatic rings. The molecule has 2 atom stereocenters. The van der Waals surface area contributed by atoms with Gasteiger partial charge in [-0.15, -0.1) is 5.06 Å². The van der Waals surface area contributed by atoms with Crippen LogP contribution in [0.15, 0.2) is 0 Å². The third-order valence-electron chi connectivity index (χ3n) is 4.71. The Morgan fingerprint density at radius 2 is 1.30 bits per heavy atom. The number of hydrogen-bond acceptors (Lipinski definition) is 11. The number of hydrogen-bond donors (Lipinski definition) is 2. The standard InChI is InChI=1S/C7H9NO5.C7H13NO3.C6H15N.C4H9NO/c1-12-4-7(11)13-8-5(9)2-3-6(8)10;1-5(6(2)9)8-7(10)4-11-3;1-4-7(5-2)6-3;1-3(5)4(2)6/h2-4H2,1H3;5H,4H2,1-3H3,(H,8,10);4-6H2,1-3H3;3H,5H2,1-2H3. The van der Waals surface area contributed by atoms with Crippen molar-refractivity contribution < 1.29 is 43.1 Å². The summed E-state index contributed by atoms with van der Waals surface area (Å²) in [5.41, 5.74) is 5.09. The quantitative estimate of drug-likeness (QED) is 0.347. The Kier molecular flexibility index (Phi) is 24.8. The van der Waals surface area contributed by atoms with Crippen LogP contribution in [0.4, 0.5) is 0 Å². The molecule has 0 aromatic heterocycles. The van der Waals surface area contributed by atoms with Crippen LogP contribution in [0.3, 0.4) is 0 Å². The van der Waals surface area contributed by atoms with Gasteiger partial charge in [-0.05, 0) is 47.3 Å². The highest BCUT2D eigenvalue weighted by Gasteiger charge is 2.32. The largest absolute Gasteiger partial charge is 0.375 e. The van der Waals surface area contributed by atoms with Gasteiger partial charge in [-0.25, -0.2) is 4.79 Å². The maximum absolute atomic E-state index is 10.9. The van der Waals surface area contributed by atoms with E-state index in [4.69, 9.17) is 5.73 Å². The summed E-state index contributed by atoms with van der Waals surface area (Å²) in [5.74, 6) is -2.03. The molecule has 37 heavy (non-hydrogen) atoms. The molecule has 1 rings (SSSR count). The summed E-state index contributed by atoms with van der Waals surface area (Å²) < 4.78 is 9.02. The molecule has 2 unspecified atom stereocenters. The van der Waals surface area contributed by atoms with Crippen LogP contribution in [0.1, 0.15) is 61.3 Å². The zero-order chi connectivity index (χ0) is 29.6. The van der Waals surface area contributed by atoms with E-state index in [2.05, 4.69) is 45.3 Å². The van der Waals surface area contributed by atoms with Crippen molar-refractivity contribution in [3.63, 3.8) is 0 Å². The molecule has 3 amide bonds. The van der Waals surface area contributed by atoms with Crippen LogP contribution >= 0.6 is 0 Å². The van der Waals surface area contributed by atoms with E-state index in [1.165, 1.54) is 47.7 Å². The molecule has 0 saturated carbocycles. The maximum Gasteiger partial charge on any atom is 0.358 e. The molecule has 1 saturated heterocycles. The molecule has 1 fully saturated rings. The Balaban J connectivity index is -0.000000438. The van der Waals surface area contributed by atoms with Crippen LogP contribution in [0.2, 0.25) is 0 Å². The third kappa shape index (κ3) is 22.2. The van der Waals surface area contributed by atoms with Gasteiger partial charge >= 0.3 is 5.97 Å². The SMILES string of the molecule is CC(=O)C(C)N.CCN(CC)CC.COCC(=O)NC(C)C(C)=O.COCC(=O)ON1C(=O)CCC1=O. The van der Waals surface area contributed by atoms with Gasteiger partial charge in [0, 0.05) is 27.1 Å². The van der Waals surface area contributed by atoms with E-state index in [1.807, 2.05) is 0 Å². The molecule has 13 nitrogen and oxygen atoms in total. The van der Waals surface area contributed by atoms with E-state index in [9.17, 15) is 28.8 Å². The normalized spacial score (nSPS) is 13.6. The number of rotatable bonds is 11. The number of ketones is 2. The highest BCUT2D eigenvalue weighted by atomic mass is 16.7. The van der Waals surface area contributed by atoms with Crippen molar-refractivity contribution in [1.82, 2.24) is 15.3 Å². The second-order valence-electron chi connectivity index (χ2n) is 7.83. The van der Waals surface area contributed by atoms with E-state index in [0.29, 0.717) is 5.06 Å². The summed E-state index contributed by atoms with van der Waals surface area (Å²) in [6.45, 7) is 16.1. The molecule has 0 spiro atoms. The number of nitrogens with one attached hydrogen (secondary N) is 1. The second-order valence-corrected chi connectivity index (χ2v) is 7.83. The molecule has 216 valence electrons. The topological polar surface area (TPSA) is 175 Å². The predicted molar refractivity (Wildman–Crippen MR) is 137 cm³/mol. The van der Waals surface area contributed by atoms with Gasteiger partial charge in [0.15, 0.2) is 5.78 Å². The number of amides is 3. The summed E-state index contributed by atoms with van der Waals surface area (Å²) >= 11 is 0. The lowest BCUT2D eigenvalue weighted by Crippen LogP contribution is -2.39. The summed E-state index contributed by atoms with van der Waals surface area (Å²) in [6.07, 6.45) is 0.193. The van der Waals surface area contributed by atoms with Gasteiger partial charge in [0.1, 0.15) is 19.0 Å². The van der Waals surface area contributed by atoms with Gasteiger partial charge in [-0.1, -0.05) is 20.8 Å². The molecule has 0 radical (unpaired) electrons. The molecule has 3 N–H and O–H groups in total. The number of hydroxylamine groups is 2. The van der Waals surface area contributed by atoms with Crippen LogP contribution in [0.5, 0.6) is 0 Å². The molecule has 1 aliphatic rings. The fourth-order valence-electron chi connectivity index (χ4n) is 2.09. The van der Waals surface area contributed by atoms with E-state index >= 15 is 0 Å². The number of carbonyl (C=O) groups is 6. The van der Waals surface area contributed by atoms with Crippen molar-refractivity contribution >= 4 is 35.3 Å². The van der Waals surface area contributed by atoms with E-state index in [1.54, 1.807) is 13.8 Å². The number of methoxy groups -OCH3 is 2. The van der Waals surface area contributed by atoms with Crippen LogP contribution in [0, 0.1) is 0 Å². The Hall–Kier alpha value is -2.74. The number of Topliss-reactive ketones (excluding diaryl/α,β-unsaturated/α-hetero) is 2.